The highest BCUT2D eigenvalue weighted by Gasteiger charge is 2.51. The standard InChI is InChI=1S/C28H38BN3O5Si/c1-27(2)28(3,4)37-29(36-27)22-11-9-20(10-12-22)25-31-18-24(32(25)19-35-15-16-38(6,7)8)23-17-21(13-14-30-23)26(33)34-5/h9-14,17-18H,15-16,19H2,1-8H3. The van der Waals surface area contributed by atoms with Gasteiger partial charge in [0.25, 0.3) is 0 Å². The molecule has 0 bridgehead atoms. The molecule has 8 nitrogen and oxygen atoms in total. The van der Waals surface area contributed by atoms with Crippen LogP contribution in [0.25, 0.3) is 22.8 Å². The zero-order valence-electron chi connectivity index (χ0n) is 23.7. The molecule has 2 aromatic heterocycles. The van der Waals surface area contributed by atoms with E-state index in [0.717, 1.165) is 28.6 Å². The number of carbonyl (C=O) groups is 1. The Morgan fingerprint density at radius 3 is 2.29 bits per heavy atom. The third-order valence-electron chi connectivity index (χ3n) is 7.21. The van der Waals surface area contributed by atoms with Crippen LogP contribution in [0.1, 0.15) is 38.1 Å². The molecule has 0 radical (unpaired) electrons. The monoisotopic (exact) mass is 535 g/mol. The summed E-state index contributed by atoms with van der Waals surface area (Å²) in [4.78, 5) is 21.4. The second-order valence-corrected chi connectivity index (χ2v) is 17.5. The average Bonchev–Trinajstić information content (AvgIpc) is 3.38. The lowest BCUT2D eigenvalue weighted by Crippen LogP contribution is -2.41. The van der Waals surface area contributed by atoms with Gasteiger partial charge in [0.1, 0.15) is 12.6 Å². The van der Waals surface area contributed by atoms with E-state index in [9.17, 15) is 4.79 Å². The molecule has 0 atom stereocenters. The first kappa shape index (κ1) is 28.2. The number of esters is 1. The molecule has 38 heavy (non-hydrogen) atoms. The number of benzene rings is 1. The van der Waals surface area contributed by atoms with Gasteiger partial charge < -0.3 is 18.8 Å². The van der Waals surface area contributed by atoms with Crippen LogP contribution < -0.4 is 5.46 Å². The van der Waals surface area contributed by atoms with E-state index in [1.165, 1.54) is 7.11 Å². The van der Waals surface area contributed by atoms with E-state index < -0.39 is 32.4 Å². The predicted octanol–water partition coefficient (Wildman–Crippen LogP) is 5.01. The van der Waals surface area contributed by atoms with E-state index in [0.29, 0.717) is 24.6 Å². The van der Waals surface area contributed by atoms with Crippen molar-refractivity contribution in [2.45, 2.75) is 71.3 Å². The lowest BCUT2D eigenvalue weighted by molar-refractivity contribution is 0.00578. The number of hydrogen-bond donors (Lipinski definition) is 0. The maximum atomic E-state index is 12.1. The SMILES string of the molecule is COC(=O)c1ccnc(-c2cnc(-c3ccc(B4OC(C)(C)C(C)(C)O4)cc3)n2COCC[Si](C)(C)C)c1. The maximum absolute atomic E-state index is 12.1. The third kappa shape index (κ3) is 6.09. The zero-order valence-corrected chi connectivity index (χ0v) is 24.7. The quantitative estimate of drug-likeness (QED) is 0.216. The van der Waals surface area contributed by atoms with Crippen molar-refractivity contribution in [1.82, 2.24) is 14.5 Å². The van der Waals surface area contributed by atoms with Crippen molar-refractivity contribution in [2.75, 3.05) is 13.7 Å². The largest absolute Gasteiger partial charge is 0.494 e. The second kappa shape index (κ2) is 10.8. The minimum Gasteiger partial charge on any atom is -0.465 e. The summed E-state index contributed by atoms with van der Waals surface area (Å²) in [5.74, 6) is 0.336. The van der Waals surface area contributed by atoms with E-state index in [-0.39, 0.29) is 0 Å². The van der Waals surface area contributed by atoms with E-state index in [4.69, 9.17) is 23.8 Å². The van der Waals surface area contributed by atoms with Crippen LogP contribution in [0.2, 0.25) is 25.7 Å². The zero-order chi connectivity index (χ0) is 27.7. The number of methoxy groups -OCH3 is 1. The van der Waals surface area contributed by atoms with Crippen LogP contribution in [0.4, 0.5) is 0 Å². The van der Waals surface area contributed by atoms with Crippen molar-refractivity contribution in [1.29, 1.82) is 0 Å². The normalized spacial score (nSPS) is 16.6. The topological polar surface area (TPSA) is 84.7 Å². The van der Waals surface area contributed by atoms with Gasteiger partial charge in [-0.15, -0.1) is 0 Å². The molecule has 202 valence electrons. The van der Waals surface area contributed by atoms with Crippen LogP contribution in [0.5, 0.6) is 0 Å². The fourth-order valence-electron chi connectivity index (χ4n) is 4.06. The van der Waals surface area contributed by atoms with Gasteiger partial charge in [-0.2, -0.15) is 0 Å². The van der Waals surface area contributed by atoms with Gasteiger partial charge in [-0.3, -0.25) is 9.55 Å². The summed E-state index contributed by atoms with van der Waals surface area (Å²) in [6.45, 7) is 16.2. The summed E-state index contributed by atoms with van der Waals surface area (Å²) < 4.78 is 25.4. The summed E-state index contributed by atoms with van der Waals surface area (Å²) in [5, 5.41) is 0. The average molecular weight is 536 g/mol. The van der Waals surface area contributed by atoms with Gasteiger partial charge in [-0.05, 0) is 51.3 Å². The highest BCUT2D eigenvalue weighted by Crippen LogP contribution is 2.36. The number of hydrogen-bond acceptors (Lipinski definition) is 7. The Hall–Kier alpha value is -2.79. The molecule has 1 fully saturated rings. The van der Waals surface area contributed by atoms with E-state index in [2.05, 4.69) is 24.6 Å². The fraction of sp³-hybridized carbons (Fsp3) is 0.464. The molecule has 0 saturated carbocycles. The van der Waals surface area contributed by atoms with Gasteiger partial charge in [-0.25, -0.2) is 9.78 Å². The Morgan fingerprint density at radius 1 is 1.03 bits per heavy atom. The van der Waals surface area contributed by atoms with Crippen LogP contribution in [-0.4, -0.2) is 60.6 Å². The highest BCUT2D eigenvalue weighted by atomic mass is 28.3. The Balaban J connectivity index is 1.64. The van der Waals surface area contributed by atoms with Crippen molar-refractivity contribution >= 4 is 26.6 Å². The van der Waals surface area contributed by atoms with Crippen LogP contribution in [0.3, 0.4) is 0 Å². The summed E-state index contributed by atoms with van der Waals surface area (Å²) in [5.41, 5.74) is 2.88. The molecule has 10 heteroatoms. The number of imidazole rings is 1. The second-order valence-electron chi connectivity index (χ2n) is 11.9. The number of pyridine rings is 1. The molecule has 0 N–H and O–H groups in total. The van der Waals surface area contributed by atoms with Gasteiger partial charge in [0.2, 0.25) is 0 Å². The number of carbonyl (C=O) groups excluding carboxylic acids is 1. The summed E-state index contributed by atoms with van der Waals surface area (Å²) in [6.07, 6.45) is 3.37. The summed E-state index contributed by atoms with van der Waals surface area (Å²) >= 11 is 0. The molecule has 0 unspecified atom stereocenters. The van der Waals surface area contributed by atoms with Crippen LogP contribution >= 0.6 is 0 Å². The molecule has 1 aliphatic rings. The predicted molar refractivity (Wildman–Crippen MR) is 152 cm³/mol. The molecule has 1 saturated heterocycles. The summed E-state index contributed by atoms with van der Waals surface area (Å²) in [7, 11) is -0.301. The summed E-state index contributed by atoms with van der Waals surface area (Å²) in [6, 6.07) is 12.5. The van der Waals surface area contributed by atoms with Crippen molar-refractivity contribution in [3.05, 3.63) is 54.4 Å². The molecule has 1 aliphatic heterocycles. The minimum absolute atomic E-state index is 0.318. The lowest BCUT2D eigenvalue weighted by Gasteiger charge is -2.32. The van der Waals surface area contributed by atoms with Gasteiger partial charge in [0.05, 0.1) is 41.5 Å². The van der Waals surface area contributed by atoms with Crippen molar-refractivity contribution < 1.29 is 23.6 Å². The molecule has 0 amide bonds. The molecule has 1 aromatic carbocycles. The van der Waals surface area contributed by atoms with Gasteiger partial charge in [0, 0.05) is 26.4 Å². The number of rotatable bonds is 9. The first-order chi connectivity index (χ1) is 17.8. The first-order valence-corrected chi connectivity index (χ1v) is 16.7. The fourth-order valence-corrected chi connectivity index (χ4v) is 4.82. The van der Waals surface area contributed by atoms with Crippen molar-refractivity contribution in [2.24, 2.45) is 0 Å². The van der Waals surface area contributed by atoms with Gasteiger partial charge >= 0.3 is 13.1 Å². The van der Waals surface area contributed by atoms with E-state index >= 15 is 0 Å². The lowest BCUT2D eigenvalue weighted by atomic mass is 9.79. The highest BCUT2D eigenvalue weighted by molar-refractivity contribution is 6.76. The van der Waals surface area contributed by atoms with Gasteiger partial charge in [-0.1, -0.05) is 43.9 Å². The Labute approximate surface area is 226 Å². The number of aromatic nitrogens is 3. The molecule has 0 spiro atoms. The van der Waals surface area contributed by atoms with Crippen molar-refractivity contribution in [3.63, 3.8) is 0 Å². The first-order valence-electron chi connectivity index (χ1n) is 13.0. The molecular weight excluding hydrogens is 497 g/mol. The molecule has 3 heterocycles. The molecule has 0 aliphatic carbocycles. The third-order valence-corrected chi connectivity index (χ3v) is 8.91. The van der Waals surface area contributed by atoms with Crippen LogP contribution in [-0.2, 0) is 25.5 Å². The number of ether oxygens (including phenoxy) is 2. The maximum Gasteiger partial charge on any atom is 0.494 e. The van der Waals surface area contributed by atoms with Crippen LogP contribution in [0.15, 0.2) is 48.8 Å². The smallest absolute Gasteiger partial charge is 0.465 e. The van der Waals surface area contributed by atoms with Gasteiger partial charge in [0.15, 0.2) is 0 Å². The van der Waals surface area contributed by atoms with Crippen LogP contribution in [0, 0.1) is 0 Å². The van der Waals surface area contributed by atoms with Crippen molar-refractivity contribution in [3.8, 4) is 22.8 Å². The molecule has 3 aromatic rings. The Bertz CT molecular complexity index is 1270. The Kier molecular flexibility index (Phi) is 7.99. The van der Waals surface area contributed by atoms with E-state index in [1.54, 1.807) is 24.5 Å². The number of nitrogens with zero attached hydrogens (tertiary/aromatic N) is 3. The van der Waals surface area contributed by atoms with E-state index in [1.807, 2.05) is 56.5 Å². The Morgan fingerprint density at radius 2 is 1.68 bits per heavy atom. The molecule has 4 rings (SSSR count). The molecular formula is C28H38BN3O5Si. The minimum atomic E-state index is -1.24.